The largest absolute Gasteiger partial charge is 0.455 e. The molecular weight excluding hydrogens is 777 g/mol. The van der Waals surface area contributed by atoms with E-state index >= 15 is 8.42 Å². The van der Waals surface area contributed by atoms with Gasteiger partial charge >= 0.3 is 0 Å². The van der Waals surface area contributed by atoms with E-state index in [9.17, 15) is 0 Å². The van der Waals surface area contributed by atoms with Crippen LogP contribution in [-0.4, -0.2) is 8.42 Å². The van der Waals surface area contributed by atoms with Crippen LogP contribution in [0.1, 0.15) is 180 Å². The fourth-order valence-corrected chi connectivity index (χ4v) is 12.6. The number of fused-ring (bicyclic) bond motifs is 10. The zero-order valence-electron chi connectivity index (χ0n) is 38.3. The quantitative estimate of drug-likeness (QED) is 0.153. The lowest BCUT2D eigenvalue weighted by Gasteiger charge is -2.25. The first kappa shape index (κ1) is 40.6. The van der Waals surface area contributed by atoms with Crippen LogP contribution >= 0.6 is 0 Å². The SMILES string of the molecule is CC(C)c1cc(C(C)C)c(C2=c3cc4cc5c(cc4cc3C3=C2S(=O)(=O)c2ccccc23)=C(c2c(C(C)C)cc(C(C)C)cc2C(C)C)c2oc3ccccc3c2-5)c(C(C)C)c1. The molecule has 1 aromatic heterocycles. The van der Waals surface area contributed by atoms with Crippen molar-refractivity contribution in [2.45, 2.75) is 123 Å². The second-order valence-electron chi connectivity index (χ2n) is 20.0. The molecule has 0 amide bonds. The molecule has 0 spiro atoms. The summed E-state index contributed by atoms with van der Waals surface area (Å²) in [5.41, 5.74) is 17.9. The zero-order chi connectivity index (χ0) is 43.8. The van der Waals surface area contributed by atoms with E-state index in [1.807, 2.05) is 18.2 Å². The summed E-state index contributed by atoms with van der Waals surface area (Å²) in [7, 11) is -3.84. The number of allylic oxidation sites excluding steroid dienone is 1. The molecule has 2 heterocycles. The first-order valence-corrected chi connectivity index (χ1v) is 24.3. The maximum absolute atomic E-state index is 15.1. The molecule has 3 aliphatic rings. The number of para-hydroxylation sites is 1. The molecule has 62 heavy (non-hydrogen) atoms. The van der Waals surface area contributed by atoms with E-state index in [0.29, 0.717) is 33.5 Å². The highest BCUT2D eigenvalue weighted by atomic mass is 32.2. The number of sulfone groups is 1. The fourth-order valence-electron chi connectivity index (χ4n) is 10.7. The van der Waals surface area contributed by atoms with E-state index in [1.54, 1.807) is 6.07 Å². The van der Waals surface area contributed by atoms with Gasteiger partial charge in [0.2, 0.25) is 9.84 Å². The Morgan fingerprint density at radius 3 is 1.44 bits per heavy atom. The number of furan rings is 1. The predicted octanol–water partition coefficient (Wildman–Crippen LogP) is 14.3. The zero-order valence-corrected chi connectivity index (χ0v) is 39.2. The van der Waals surface area contributed by atoms with Gasteiger partial charge in [0.05, 0.1) is 9.80 Å². The molecule has 0 unspecified atom stereocenters. The Hall–Kier alpha value is -5.45. The van der Waals surface area contributed by atoms with Crippen LogP contribution in [0.3, 0.4) is 0 Å². The van der Waals surface area contributed by atoms with Gasteiger partial charge in [-0.1, -0.05) is 144 Å². The van der Waals surface area contributed by atoms with Gasteiger partial charge in [-0.15, -0.1) is 0 Å². The van der Waals surface area contributed by atoms with Crippen molar-refractivity contribution in [1.29, 1.82) is 0 Å². The van der Waals surface area contributed by atoms with Crippen molar-refractivity contribution in [3.05, 3.63) is 174 Å². The van der Waals surface area contributed by atoms with Crippen molar-refractivity contribution < 1.29 is 12.8 Å². The summed E-state index contributed by atoms with van der Waals surface area (Å²) in [6, 6.07) is 35.0. The Morgan fingerprint density at radius 2 is 0.903 bits per heavy atom. The number of rotatable bonds is 8. The highest BCUT2D eigenvalue weighted by Gasteiger charge is 2.44. The average Bonchev–Trinajstić information content (AvgIpc) is 3.92. The molecule has 314 valence electrons. The Morgan fingerprint density at radius 1 is 0.435 bits per heavy atom. The monoisotopic (exact) mass is 834 g/mol. The standard InChI is InChI=1S/C58H58O3S/c1-29(2)35-21-41(31(5)6)51(42(22-35)32(7)8)55-47-27-38-26-46-48(28-37(38)25-45(47)53-39-17-13-15-19-49(39)61-57(53)55)56(58-54(46)40-18-14-16-20-50(40)62(58,59)60)52-43(33(9)10)23-36(30(3)4)24-44(52)34(11)12/h13-34H,1-12H3. The van der Waals surface area contributed by atoms with E-state index in [-0.39, 0.29) is 11.8 Å². The van der Waals surface area contributed by atoms with E-state index < -0.39 is 9.84 Å². The summed E-state index contributed by atoms with van der Waals surface area (Å²) in [4.78, 5) is 0.860. The molecule has 7 aromatic rings. The van der Waals surface area contributed by atoms with Crippen LogP contribution in [0.25, 0.3) is 49.6 Å². The second kappa shape index (κ2) is 14.3. The molecule has 1 aliphatic heterocycles. The van der Waals surface area contributed by atoms with Crippen molar-refractivity contribution in [2.75, 3.05) is 0 Å². The van der Waals surface area contributed by atoms with Gasteiger partial charge in [-0.05, 0) is 149 Å². The first-order valence-electron chi connectivity index (χ1n) is 22.8. The Bertz CT molecular complexity index is 3300. The Labute approximate surface area is 367 Å². The first-order chi connectivity index (χ1) is 29.5. The molecular formula is C58H58O3S. The maximum atomic E-state index is 15.1. The molecule has 3 nitrogen and oxygen atoms in total. The van der Waals surface area contributed by atoms with E-state index in [4.69, 9.17) is 4.42 Å². The second-order valence-corrected chi connectivity index (χ2v) is 21.8. The Kier molecular flexibility index (Phi) is 9.36. The highest BCUT2D eigenvalue weighted by molar-refractivity contribution is 7.96. The minimum Gasteiger partial charge on any atom is -0.455 e. The van der Waals surface area contributed by atoms with Gasteiger partial charge in [0.1, 0.15) is 11.3 Å². The molecule has 0 radical (unpaired) electrons. The lowest BCUT2D eigenvalue weighted by Crippen LogP contribution is -2.17. The number of hydrogen-bond acceptors (Lipinski definition) is 3. The van der Waals surface area contributed by atoms with E-state index in [2.05, 4.69) is 156 Å². The summed E-state index contributed by atoms with van der Waals surface area (Å²) in [5.74, 6) is 2.62. The van der Waals surface area contributed by atoms with Crippen molar-refractivity contribution >= 4 is 48.3 Å². The molecule has 0 saturated heterocycles. The number of hydrogen-bond donors (Lipinski definition) is 0. The minimum absolute atomic E-state index is 0.180. The van der Waals surface area contributed by atoms with Crippen LogP contribution in [0, 0.1) is 0 Å². The molecule has 10 rings (SSSR count). The van der Waals surface area contributed by atoms with Gasteiger partial charge in [-0.2, -0.15) is 0 Å². The topological polar surface area (TPSA) is 47.3 Å². The fraction of sp³-hybridized carbons (Fsp3) is 0.310. The normalized spacial score (nSPS) is 15.1. The number of benzene rings is 6. The van der Waals surface area contributed by atoms with Crippen LogP contribution in [0.15, 0.2) is 111 Å². The van der Waals surface area contributed by atoms with Gasteiger partial charge in [0.15, 0.2) is 0 Å². The molecule has 0 atom stereocenters. The average molecular weight is 835 g/mol. The van der Waals surface area contributed by atoms with Crippen molar-refractivity contribution in [2.24, 2.45) is 0 Å². The lowest BCUT2D eigenvalue weighted by atomic mass is 9.81. The third kappa shape index (κ3) is 5.78. The van der Waals surface area contributed by atoms with Gasteiger partial charge in [-0.3, -0.25) is 0 Å². The molecule has 0 saturated carbocycles. The molecule has 6 aromatic carbocycles. The summed E-state index contributed by atoms with van der Waals surface area (Å²) in [6.07, 6.45) is 0. The lowest BCUT2D eigenvalue weighted by molar-refractivity contribution is 0.601. The molecule has 2 aliphatic carbocycles. The summed E-state index contributed by atoms with van der Waals surface area (Å²) >= 11 is 0. The summed E-state index contributed by atoms with van der Waals surface area (Å²) < 4.78 is 37.2. The smallest absolute Gasteiger partial charge is 0.208 e. The third-order valence-electron chi connectivity index (χ3n) is 13.9. The van der Waals surface area contributed by atoms with Crippen LogP contribution in [0.4, 0.5) is 0 Å². The predicted molar refractivity (Wildman–Crippen MR) is 260 cm³/mol. The van der Waals surface area contributed by atoms with Gasteiger partial charge in [-0.25, -0.2) is 8.42 Å². The summed E-state index contributed by atoms with van der Waals surface area (Å²) in [6.45, 7) is 27.3. The molecule has 0 fully saturated rings. The molecule has 4 heteroatoms. The molecule has 0 N–H and O–H groups in total. The van der Waals surface area contributed by atoms with Crippen molar-refractivity contribution in [3.8, 4) is 11.1 Å². The maximum Gasteiger partial charge on any atom is 0.208 e. The Balaban J connectivity index is 1.38. The van der Waals surface area contributed by atoms with Crippen LogP contribution < -0.4 is 10.4 Å². The van der Waals surface area contributed by atoms with Gasteiger partial charge < -0.3 is 4.42 Å². The van der Waals surface area contributed by atoms with E-state index in [1.165, 1.54) is 44.2 Å². The van der Waals surface area contributed by atoms with E-state index in [0.717, 1.165) is 77.3 Å². The van der Waals surface area contributed by atoms with Gasteiger partial charge in [0.25, 0.3) is 0 Å². The van der Waals surface area contributed by atoms with Crippen LogP contribution in [0.2, 0.25) is 0 Å². The third-order valence-corrected chi connectivity index (χ3v) is 15.8. The van der Waals surface area contributed by atoms with Crippen LogP contribution in [0.5, 0.6) is 0 Å². The summed E-state index contributed by atoms with van der Waals surface area (Å²) in [5, 5.41) is 5.45. The van der Waals surface area contributed by atoms with Crippen LogP contribution in [-0.2, 0) is 9.84 Å². The van der Waals surface area contributed by atoms with Crippen molar-refractivity contribution in [1.82, 2.24) is 0 Å². The highest BCUT2D eigenvalue weighted by Crippen LogP contribution is 2.53. The molecule has 0 bridgehead atoms. The van der Waals surface area contributed by atoms with Gasteiger partial charge in [0, 0.05) is 33.2 Å². The minimum atomic E-state index is -3.84. The van der Waals surface area contributed by atoms with Crippen molar-refractivity contribution in [3.63, 3.8) is 0 Å².